The Bertz CT molecular complexity index is 648. The van der Waals surface area contributed by atoms with Crippen LogP contribution in [-0.2, 0) is 13.1 Å². The van der Waals surface area contributed by atoms with Crippen LogP contribution in [0, 0.1) is 18.6 Å². The second-order valence-corrected chi connectivity index (χ2v) is 6.19. The molecule has 1 saturated heterocycles. The van der Waals surface area contributed by atoms with Crippen LogP contribution < -0.4 is 5.32 Å². The molecule has 0 amide bonds. The summed E-state index contributed by atoms with van der Waals surface area (Å²) < 4.78 is 31.8. The Morgan fingerprint density at radius 1 is 1.13 bits per heavy atom. The zero-order chi connectivity index (χ0) is 16.2. The van der Waals surface area contributed by atoms with Crippen LogP contribution >= 0.6 is 0 Å². The first-order chi connectivity index (χ1) is 11.1. The summed E-state index contributed by atoms with van der Waals surface area (Å²) in [6.45, 7) is 5.27. The monoisotopic (exact) mass is 320 g/mol. The Morgan fingerprint density at radius 3 is 2.57 bits per heavy atom. The van der Waals surface area contributed by atoms with E-state index in [0.29, 0.717) is 12.6 Å². The minimum Gasteiger partial charge on any atom is -0.465 e. The predicted molar refractivity (Wildman–Crippen MR) is 84.9 cm³/mol. The van der Waals surface area contributed by atoms with Crippen LogP contribution in [0.1, 0.15) is 29.9 Å². The Labute approximate surface area is 135 Å². The summed E-state index contributed by atoms with van der Waals surface area (Å²) in [5.74, 6) is 0.340. The Hall–Kier alpha value is -1.72. The third-order valence-electron chi connectivity index (χ3n) is 4.34. The van der Waals surface area contributed by atoms with Gasteiger partial charge in [-0.25, -0.2) is 8.78 Å². The lowest BCUT2D eigenvalue weighted by Gasteiger charge is -2.32. The van der Waals surface area contributed by atoms with Crippen LogP contribution in [0.4, 0.5) is 8.78 Å². The van der Waals surface area contributed by atoms with Crippen LogP contribution in [-0.4, -0.2) is 24.0 Å². The molecule has 1 N–H and O–H groups in total. The van der Waals surface area contributed by atoms with Gasteiger partial charge < -0.3 is 9.73 Å². The van der Waals surface area contributed by atoms with Gasteiger partial charge in [-0.1, -0.05) is 6.07 Å². The van der Waals surface area contributed by atoms with Gasteiger partial charge in [0.1, 0.15) is 11.5 Å². The van der Waals surface area contributed by atoms with Crippen molar-refractivity contribution >= 4 is 0 Å². The van der Waals surface area contributed by atoms with Crippen molar-refractivity contribution in [1.29, 1.82) is 0 Å². The number of piperidine rings is 1. The largest absolute Gasteiger partial charge is 0.465 e. The summed E-state index contributed by atoms with van der Waals surface area (Å²) in [7, 11) is 0. The molecule has 0 aliphatic carbocycles. The highest BCUT2D eigenvalue weighted by Crippen LogP contribution is 2.16. The highest BCUT2D eigenvalue weighted by atomic mass is 19.2. The van der Waals surface area contributed by atoms with Crippen LogP contribution in [0.2, 0.25) is 0 Å². The molecule has 0 atom stereocenters. The van der Waals surface area contributed by atoms with E-state index >= 15 is 0 Å². The first-order valence-corrected chi connectivity index (χ1v) is 8.05. The highest BCUT2D eigenvalue weighted by molar-refractivity contribution is 5.17. The van der Waals surface area contributed by atoms with Gasteiger partial charge in [0.05, 0.1) is 6.54 Å². The van der Waals surface area contributed by atoms with Gasteiger partial charge >= 0.3 is 0 Å². The standard InChI is InChI=1S/C18H22F2N2O/c1-13-2-4-16(23-13)11-21-15-6-8-22(9-7-15)12-14-3-5-17(19)18(20)10-14/h2-5,10,15,21H,6-9,11-12H2,1H3. The number of halogens is 2. The molecule has 1 aliphatic heterocycles. The van der Waals surface area contributed by atoms with Gasteiger partial charge in [-0.05, 0) is 62.7 Å². The number of aryl methyl sites for hydroxylation is 1. The molecule has 0 bridgehead atoms. The minimum absolute atomic E-state index is 0.474. The van der Waals surface area contributed by atoms with E-state index in [-0.39, 0.29) is 0 Å². The summed E-state index contributed by atoms with van der Waals surface area (Å²) in [4.78, 5) is 2.28. The molecule has 2 aromatic rings. The Kier molecular flexibility index (Phi) is 5.08. The van der Waals surface area contributed by atoms with Crippen molar-refractivity contribution < 1.29 is 13.2 Å². The van der Waals surface area contributed by atoms with Crippen molar-refractivity contribution in [3.63, 3.8) is 0 Å². The van der Waals surface area contributed by atoms with Crippen LogP contribution in [0.15, 0.2) is 34.7 Å². The molecule has 3 nitrogen and oxygen atoms in total. The lowest BCUT2D eigenvalue weighted by Crippen LogP contribution is -2.41. The van der Waals surface area contributed by atoms with Gasteiger partial charge in [0, 0.05) is 12.6 Å². The van der Waals surface area contributed by atoms with Crippen molar-refractivity contribution in [1.82, 2.24) is 10.2 Å². The molecule has 23 heavy (non-hydrogen) atoms. The van der Waals surface area contributed by atoms with E-state index < -0.39 is 11.6 Å². The topological polar surface area (TPSA) is 28.4 Å². The molecule has 0 saturated carbocycles. The molecular formula is C18H22F2N2O. The number of nitrogens with one attached hydrogen (secondary N) is 1. The molecule has 0 spiro atoms. The van der Waals surface area contributed by atoms with Gasteiger partial charge in [0.2, 0.25) is 0 Å². The van der Waals surface area contributed by atoms with Crippen LogP contribution in [0.25, 0.3) is 0 Å². The number of rotatable bonds is 5. The van der Waals surface area contributed by atoms with E-state index in [9.17, 15) is 8.78 Å². The maximum atomic E-state index is 13.2. The number of nitrogens with zero attached hydrogens (tertiary/aromatic N) is 1. The van der Waals surface area contributed by atoms with E-state index in [2.05, 4.69) is 10.2 Å². The fourth-order valence-corrected chi connectivity index (χ4v) is 3.02. The quantitative estimate of drug-likeness (QED) is 0.912. The fourth-order valence-electron chi connectivity index (χ4n) is 3.02. The minimum atomic E-state index is -0.787. The van der Waals surface area contributed by atoms with Gasteiger partial charge in [-0.2, -0.15) is 0 Å². The SMILES string of the molecule is Cc1ccc(CNC2CCN(Cc3ccc(F)c(F)c3)CC2)o1. The molecule has 124 valence electrons. The van der Waals surface area contributed by atoms with E-state index in [1.54, 1.807) is 6.07 Å². The van der Waals surface area contributed by atoms with E-state index in [0.717, 1.165) is 49.6 Å². The normalized spacial score (nSPS) is 16.8. The molecule has 2 heterocycles. The average molecular weight is 320 g/mol. The molecule has 0 radical (unpaired) electrons. The summed E-state index contributed by atoms with van der Waals surface area (Å²) in [5, 5.41) is 3.52. The fraction of sp³-hybridized carbons (Fsp3) is 0.444. The van der Waals surface area contributed by atoms with E-state index in [1.807, 2.05) is 19.1 Å². The molecule has 1 aromatic carbocycles. The van der Waals surface area contributed by atoms with Gasteiger partial charge in [0.25, 0.3) is 0 Å². The van der Waals surface area contributed by atoms with Crippen molar-refractivity contribution in [3.8, 4) is 0 Å². The van der Waals surface area contributed by atoms with Crippen LogP contribution in [0.3, 0.4) is 0 Å². The molecule has 3 rings (SSSR count). The van der Waals surface area contributed by atoms with Gasteiger partial charge in [-0.15, -0.1) is 0 Å². The lowest BCUT2D eigenvalue weighted by atomic mass is 10.0. The zero-order valence-electron chi connectivity index (χ0n) is 13.3. The molecule has 1 aliphatic rings. The highest BCUT2D eigenvalue weighted by Gasteiger charge is 2.19. The van der Waals surface area contributed by atoms with Crippen molar-refractivity contribution in [2.75, 3.05) is 13.1 Å². The van der Waals surface area contributed by atoms with Crippen molar-refractivity contribution in [2.24, 2.45) is 0 Å². The molecular weight excluding hydrogens is 298 g/mol. The van der Waals surface area contributed by atoms with Crippen LogP contribution in [0.5, 0.6) is 0 Å². The first kappa shape index (κ1) is 16.1. The molecule has 1 aromatic heterocycles. The first-order valence-electron chi connectivity index (χ1n) is 8.05. The second kappa shape index (κ2) is 7.23. The van der Waals surface area contributed by atoms with Gasteiger partial charge in [0.15, 0.2) is 11.6 Å². The third kappa shape index (κ3) is 4.39. The second-order valence-electron chi connectivity index (χ2n) is 6.19. The Morgan fingerprint density at radius 2 is 1.91 bits per heavy atom. The smallest absolute Gasteiger partial charge is 0.159 e. The lowest BCUT2D eigenvalue weighted by molar-refractivity contribution is 0.188. The third-order valence-corrected chi connectivity index (χ3v) is 4.34. The predicted octanol–water partition coefficient (Wildman–Crippen LogP) is 3.62. The summed E-state index contributed by atoms with van der Waals surface area (Å²) in [6, 6.07) is 8.59. The number of likely N-dealkylation sites (tertiary alicyclic amines) is 1. The average Bonchev–Trinajstić information content (AvgIpc) is 2.96. The number of benzene rings is 1. The Balaban J connectivity index is 1.43. The summed E-state index contributed by atoms with van der Waals surface area (Å²) in [6.07, 6.45) is 2.09. The number of hydrogen-bond acceptors (Lipinski definition) is 3. The zero-order valence-corrected chi connectivity index (χ0v) is 13.3. The molecule has 5 heteroatoms. The number of furan rings is 1. The summed E-state index contributed by atoms with van der Waals surface area (Å²) >= 11 is 0. The molecule has 1 fully saturated rings. The van der Waals surface area contributed by atoms with E-state index in [1.165, 1.54) is 12.1 Å². The van der Waals surface area contributed by atoms with Crippen molar-refractivity contribution in [2.45, 2.75) is 38.9 Å². The van der Waals surface area contributed by atoms with Gasteiger partial charge in [-0.3, -0.25) is 4.90 Å². The summed E-state index contributed by atoms with van der Waals surface area (Å²) in [5.41, 5.74) is 0.821. The molecule has 0 unspecified atom stereocenters. The van der Waals surface area contributed by atoms with Crippen molar-refractivity contribution in [3.05, 3.63) is 59.1 Å². The van der Waals surface area contributed by atoms with E-state index in [4.69, 9.17) is 4.42 Å². The maximum absolute atomic E-state index is 13.2. The number of hydrogen-bond donors (Lipinski definition) is 1. The maximum Gasteiger partial charge on any atom is 0.159 e.